The topological polar surface area (TPSA) is 52.6 Å². The van der Waals surface area contributed by atoms with Crippen molar-refractivity contribution in [1.82, 2.24) is 0 Å². The van der Waals surface area contributed by atoms with E-state index >= 15 is 0 Å². The Balaban J connectivity index is -0.0000000750. The van der Waals surface area contributed by atoms with E-state index in [1.54, 1.807) is 0 Å². The molecule has 22 heavy (non-hydrogen) atoms. The smallest absolute Gasteiger partial charge is 0.306 e. The Morgan fingerprint density at radius 1 is 0.818 bits per heavy atom. The lowest BCUT2D eigenvalue weighted by molar-refractivity contribution is -0.151. The fourth-order valence-electron chi connectivity index (χ4n) is 0.917. The Hall–Kier alpha value is -1.06. The first-order valence-corrected chi connectivity index (χ1v) is 5.91. The van der Waals surface area contributed by atoms with Gasteiger partial charge in [0.1, 0.15) is 0 Å². The zero-order valence-corrected chi connectivity index (χ0v) is 10.5. The number of carbonyl (C=O) groups excluding carboxylic acids is 2. The van der Waals surface area contributed by atoms with E-state index in [1.807, 2.05) is 20.8 Å². The Morgan fingerprint density at radius 3 is 1.59 bits per heavy atom. The minimum Gasteiger partial charge on any atom is -0.466 e. The Labute approximate surface area is 142 Å². The minimum atomic E-state index is -0.331. The van der Waals surface area contributed by atoms with E-state index in [1.165, 1.54) is 0 Å². The standard InChI is InChI=1S/C12H22O4.6CH4/c1-4-8-15-11(13)6-7-12(14)16-9-10(3)5-2;;;;;;/h10H,4-9H2,1-3H3;6*1H4. The molecule has 0 aromatic carbocycles. The van der Waals surface area contributed by atoms with Gasteiger partial charge in [-0.1, -0.05) is 71.8 Å². The molecule has 142 valence electrons. The molecule has 4 heteroatoms. The van der Waals surface area contributed by atoms with E-state index in [0.717, 1.165) is 12.8 Å². The number of ether oxygens (including phenoxy) is 2. The zero-order valence-electron chi connectivity index (χ0n) is 10.5. The summed E-state index contributed by atoms with van der Waals surface area (Å²) in [5.74, 6) is -0.285. The van der Waals surface area contributed by atoms with E-state index in [0.29, 0.717) is 19.1 Å². The van der Waals surface area contributed by atoms with E-state index < -0.39 is 0 Å². The molecule has 1 unspecified atom stereocenters. The summed E-state index contributed by atoms with van der Waals surface area (Å²) in [5, 5.41) is 0. The molecule has 0 spiro atoms. The monoisotopic (exact) mass is 326 g/mol. The van der Waals surface area contributed by atoms with Crippen molar-refractivity contribution in [2.75, 3.05) is 13.2 Å². The van der Waals surface area contributed by atoms with E-state index in [2.05, 4.69) is 0 Å². The molecule has 0 aliphatic heterocycles. The highest BCUT2D eigenvalue weighted by Crippen LogP contribution is 2.03. The van der Waals surface area contributed by atoms with E-state index in [-0.39, 0.29) is 69.3 Å². The third kappa shape index (κ3) is 27.3. The molecule has 0 saturated heterocycles. The second-order valence-electron chi connectivity index (χ2n) is 3.92. The average Bonchev–Trinajstić information content (AvgIpc) is 2.30. The van der Waals surface area contributed by atoms with Crippen molar-refractivity contribution in [3.8, 4) is 0 Å². The van der Waals surface area contributed by atoms with Gasteiger partial charge < -0.3 is 9.47 Å². The third-order valence-corrected chi connectivity index (χ3v) is 2.23. The van der Waals surface area contributed by atoms with Gasteiger partial charge in [0.2, 0.25) is 0 Å². The summed E-state index contributed by atoms with van der Waals surface area (Å²) in [7, 11) is 0. The van der Waals surface area contributed by atoms with Crippen molar-refractivity contribution >= 4 is 11.9 Å². The van der Waals surface area contributed by atoms with Crippen LogP contribution in [-0.4, -0.2) is 25.2 Å². The molecule has 0 heterocycles. The molecule has 0 fully saturated rings. The van der Waals surface area contributed by atoms with Gasteiger partial charge in [0.15, 0.2) is 0 Å². The van der Waals surface area contributed by atoms with Crippen LogP contribution in [0.3, 0.4) is 0 Å². The lowest BCUT2D eigenvalue weighted by Crippen LogP contribution is -2.13. The highest BCUT2D eigenvalue weighted by atomic mass is 16.5. The Kier molecular flexibility index (Phi) is 54.8. The van der Waals surface area contributed by atoms with Crippen molar-refractivity contribution in [3.63, 3.8) is 0 Å². The minimum absolute atomic E-state index is 0. The van der Waals surface area contributed by atoms with Gasteiger partial charge >= 0.3 is 11.9 Å². The fraction of sp³-hybridized carbons (Fsp3) is 0.889. The first kappa shape index (κ1) is 42.8. The molecule has 0 N–H and O–H groups in total. The number of esters is 2. The lowest BCUT2D eigenvalue weighted by Gasteiger charge is -2.09. The maximum Gasteiger partial charge on any atom is 0.306 e. The van der Waals surface area contributed by atoms with Crippen LogP contribution in [0.2, 0.25) is 0 Å². The molecule has 0 bridgehead atoms. The normalized spacial score (nSPS) is 8.68. The van der Waals surface area contributed by atoms with Crippen molar-refractivity contribution in [3.05, 3.63) is 0 Å². The van der Waals surface area contributed by atoms with Gasteiger partial charge in [-0.3, -0.25) is 9.59 Å². The van der Waals surface area contributed by atoms with Gasteiger partial charge in [-0.25, -0.2) is 0 Å². The quantitative estimate of drug-likeness (QED) is 0.504. The molecule has 0 rings (SSSR count). The van der Waals surface area contributed by atoms with E-state index in [9.17, 15) is 9.59 Å². The number of hydrogen-bond donors (Lipinski definition) is 0. The molecule has 0 aliphatic rings. The zero-order chi connectivity index (χ0) is 12.4. The molecule has 0 saturated carbocycles. The lowest BCUT2D eigenvalue weighted by atomic mass is 10.1. The molecule has 0 radical (unpaired) electrons. The molecule has 1 atom stereocenters. The van der Waals surface area contributed by atoms with Crippen LogP contribution in [0.15, 0.2) is 0 Å². The SMILES string of the molecule is C.C.C.C.C.C.CCCOC(=O)CCC(=O)OCC(C)CC. The van der Waals surface area contributed by atoms with Gasteiger partial charge in [-0.15, -0.1) is 0 Å². The summed E-state index contributed by atoms with van der Waals surface area (Å²) in [6.07, 6.45) is 1.99. The predicted molar refractivity (Wildman–Crippen MR) is 101 cm³/mol. The van der Waals surface area contributed by atoms with E-state index in [4.69, 9.17) is 9.47 Å². The Bertz CT molecular complexity index is 215. The van der Waals surface area contributed by atoms with Crippen molar-refractivity contribution in [2.45, 2.75) is 91.0 Å². The van der Waals surface area contributed by atoms with Gasteiger partial charge in [-0.2, -0.15) is 0 Å². The summed E-state index contributed by atoms with van der Waals surface area (Å²) in [4.78, 5) is 22.3. The first-order chi connectivity index (χ1) is 7.60. The molecular formula is C18H46O4. The highest BCUT2D eigenvalue weighted by molar-refractivity contribution is 5.77. The average molecular weight is 327 g/mol. The molecule has 4 nitrogen and oxygen atoms in total. The third-order valence-electron chi connectivity index (χ3n) is 2.23. The number of carbonyl (C=O) groups is 2. The van der Waals surface area contributed by atoms with Crippen LogP contribution in [0, 0.1) is 5.92 Å². The van der Waals surface area contributed by atoms with Crippen molar-refractivity contribution in [2.24, 2.45) is 5.92 Å². The molecule has 0 aromatic heterocycles. The largest absolute Gasteiger partial charge is 0.466 e. The van der Waals surface area contributed by atoms with Crippen molar-refractivity contribution < 1.29 is 19.1 Å². The second-order valence-corrected chi connectivity index (χ2v) is 3.92. The molecular weight excluding hydrogens is 280 g/mol. The maximum absolute atomic E-state index is 11.2. The summed E-state index contributed by atoms with van der Waals surface area (Å²) in [5.41, 5.74) is 0. The number of rotatable bonds is 8. The predicted octanol–water partition coefficient (Wildman–Crippen LogP) is 6.13. The van der Waals surface area contributed by atoms with Crippen LogP contribution in [0.5, 0.6) is 0 Å². The van der Waals surface area contributed by atoms with Crippen molar-refractivity contribution in [1.29, 1.82) is 0 Å². The van der Waals surface area contributed by atoms with Gasteiger partial charge in [0, 0.05) is 0 Å². The van der Waals surface area contributed by atoms with Gasteiger partial charge in [0.05, 0.1) is 26.1 Å². The summed E-state index contributed by atoms with van der Waals surface area (Å²) in [6.45, 7) is 6.83. The maximum atomic E-state index is 11.2. The second kappa shape index (κ2) is 28.2. The van der Waals surface area contributed by atoms with Gasteiger partial charge in [0.25, 0.3) is 0 Å². The Morgan fingerprint density at radius 2 is 1.23 bits per heavy atom. The molecule has 0 aromatic rings. The first-order valence-electron chi connectivity index (χ1n) is 5.91. The summed E-state index contributed by atoms with van der Waals surface area (Å²) < 4.78 is 9.84. The molecule has 0 amide bonds. The van der Waals surface area contributed by atoms with Crippen LogP contribution in [-0.2, 0) is 19.1 Å². The van der Waals surface area contributed by atoms with Gasteiger partial charge in [-0.05, 0) is 12.3 Å². The molecule has 0 aliphatic carbocycles. The summed E-state index contributed by atoms with van der Waals surface area (Å²) in [6, 6.07) is 0. The van der Waals surface area contributed by atoms with Crippen LogP contribution >= 0.6 is 0 Å². The summed E-state index contributed by atoms with van der Waals surface area (Å²) >= 11 is 0. The highest BCUT2D eigenvalue weighted by Gasteiger charge is 2.09. The van der Waals surface area contributed by atoms with Crippen LogP contribution in [0.25, 0.3) is 0 Å². The fourth-order valence-corrected chi connectivity index (χ4v) is 0.917. The number of hydrogen-bond acceptors (Lipinski definition) is 4. The van der Waals surface area contributed by atoms with Crippen LogP contribution in [0.4, 0.5) is 0 Å². The van der Waals surface area contributed by atoms with Crippen LogP contribution in [0.1, 0.15) is 91.0 Å². The van der Waals surface area contributed by atoms with Crippen LogP contribution < -0.4 is 0 Å².